The van der Waals surface area contributed by atoms with Gasteiger partial charge < -0.3 is 10.3 Å². The summed E-state index contributed by atoms with van der Waals surface area (Å²) in [5, 5.41) is 19.9. The maximum absolute atomic E-state index is 11.0. The summed E-state index contributed by atoms with van der Waals surface area (Å²) in [4.78, 5) is 10.7. The molecule has 8 heteroatoms. The molecule has 1 aromatic carbocycles. The molecule has 0 aromatic heterocycles. The summed E-state index contributed by atoms with van der Waals surface area (Å²) in [7, 11) is -3.49. The van der Waals surface area contributed by atoms with E-state index in [9.17, 15) is 13.2 Å². The number of hydrogen-bond acceptors (Lipinski definition) is 5. The maximum Gasteiger partial charge on any atom is 0.335 e. The molecule has 0 aliphatic heterocycles. The number of anilines is 1. The van der Waals surface area contributed by atoms with Gasteiger partial charge in [-0.15, -0.1) is 0 Å². The molecule has 3 N–H and O–H groups in total. The lowest BCUT2D eigenvalue weighted by Crippen LogP contribution is -2.12. The average Bonchev–Trinajstić information content (AvgIpc) is 2.18. The third kappa shape index (κ3) is 3.76. The summed E-state index contributed by atoms with van der Waals surface area (Å²) < 4.78 is 24.3. The van der Waals surface area contributed by atoms with Gasteiger partial charge in [0.1, 0.15) is 0 Å². The molecular weight excluding hydrogens is 248 g/mol. The van der Waals surface area contributed by atoms with Gasteiger partial charge in [0.15, 0.2) is 0 Å². The van der Waals surface area contributed by atoms with E-state index >= 15 is 0 Å². The van der Waals surface area contributed by atoms with Gasteiger partial charge in [-0.3, -0.25) is 4.72 Å². The third-order valence-corrected chi connectivity index (χ3v) is 2.38. The average molecular weight is 258 g/mol. The number of oxime groups is 1. The summed E-state index contributed by atoms with van der Waals surface area (Å²) >= 11 is 0. The van der Waals surface area contributed by atoms with Gasteiger partial charge in [0.05, 0.1) is 23.7 Å². The summed E-state index contributed by atoms with van der Waals surface area (Å²) in [6.45, 7) is 0. The van der Waals surface area contributed by atoms with E-state index < -0.39 is 16.0 Å². The Balaban J connectivity index is 3.27. The van der Waals surface area contributed by atoms with Crippen molar-refractivity contribution in [3.8, 4) is 0 Å². The highest BCUT2D eigenvalue weighted by Crippen LogP contribution is 2.17. The van der Waals surface area contributed by atoms with Crippen molar-refractivity contribution in [2.75, 3.05) is 11.0 Å². The molecule has 0 saturated carbocycles. The molecule has 0 amide bonds. The van der Waals surface area contributed by atoms with Crippen LogP contribution in [0.3, 0.4) is 0 Å². The van der Waals surface area contributed by atoms with Gasteiger partial charge in [-0.25, -0.2) is 13.2 Å². The summed E-state index contributed by atoms with van der Waals surface area (Å²) in [5.74, 6) is -1.16. The predicted octanol–water partition coefficient (Wildman–Crippen LogP) is 0.564. The Kier molecular flexibility index (Phi) is 3.69. The molecule has 0 aliphatic carbocycles. The van der Waals surface area contributed by atoms with Crippen LogP contribution < -0.4 is 4.72 Å². The molecule has 0 fully saturated rings. The van der Waals surface area contributed by atoms with Crippen LogP contribution in [0.5, 0.6) is 0 Å². The van der Waals surface area contributed by atoms with E-state index in [-0.39, 0.29) is 16.8 Å². The van der Waals surface area contributed by atoms with Crippen molar-refractivity contribution in [3.05, 3.63) is 29.3 Å². The fraction of sp³-hybridized carbons (Fsp3) is 0.111. The highest BCUT2D eigenvalue weighted by Gasteiger charge is 2.10. The van der Waals surface area contributed by atoms with Gasteiger partial charge in [-0.1, -0.05) is 5.16 Å². The number of sulfonamides is 1. The topological polar surface area (TPSA) is 116 Å². The summed E-state index contributed by atoms with van der Waals surface area (Å²) in [5.41, 5.74) is 0.243. The van der Waals surface area contributed by atoms with Crippen molar-refractivity contribution in [1.82, 2.24) is 0 Å². The molecule has 0 heterocycles. The number of carboxylic acid groups (broad SMARTS) is 1. The Morgan fingerprint density at radius 1 is 1.47 bits per heavy atom. The minimum atomic E-state index is -3.49. The monoisotopic (exact) mass is 258 g/mol. The Morgan fingerprint density at radius 3 is 2.59 bits per heavy atom. The van der Waals surface area contributed by atoms with Gasteiger partial charge in [0.25, 0.3) is 0 Å². The molecule has 0 saturated heterocycles. The van der Waals surface area contributed by atoms with Gasteiger partial charge >= 0.3 is 5.97 Å². The predicted molar refractivity (Wildman–Crippen MR) is 61.2 cm³/mol. The SMILES string of the molecule is CS(=O)(=O)Nc1ccc(C(=O)O)cc1/C=N/O. The van der Waals surface area contributed by atoms with Crippen LogP contribution in [0.1, 0.15) is 15.9 Å². The Labute approximate surface area is 97.4 Å². The number of carboxylic acids is 1. The van der Waals surface area contributed by atoms with Crippen LogP contribution in [0.25, 0.3) is 0 Å². The van der Waals surface area contributed by atoms with Crippen LogP contribution in [0.2, 0.25) is 0 Å². The number of rotatable bonds is 4. The summed E-state index contributed by atoms with van der Waals surface area (Å²) in [6, 6.07) is 3.71. The molecule has 17 heavy (non-hydrogen) atoms. The maximum atomic E-state index is 11.0. The minimum Gasteiger partial charge on any atom is -0.478 e. The fourth-order valence-electron chi connectivity index (χ4n) is 1.16. The van der Waals surface area contributed by atoms with Crippen LogP contribution in [0.4, 0.5) is 5.69 Å². The van der Waals surface area contributed by atoms with Gasteiger partial charge in [0.2, 0.25) is 10.0 Å². The van der Waals surface area contributed by atoms with Crippen LogP contribution in [0, 0.1) is 0 Å². The highest BCUT2D eigenvalue weighted by molar-refractivity contribution is 7.92. The lowest BCUT2D eigenvalue weighted by molar-refractivity contribution is 0.0697. The van der Waals surface area contributed by atoms with Crippen LogP contribution in [-0.2, 0) is 10.0 Å². The first-order valence-electron chi connectivity index (χ1n) is 4.36. The van der Waals surface area contributed by atoms with Crippen LogP contribution >= 0.6 is 0 Å². The number of hydrogen-bond donors (Lipinski definition) is 3. The zero-order chi connectivity index (χ0) is 13.1. The second-order valence-corrected chi connectivity index (χ2v) is 4.97. The van der Waals surface area contributed by atoms with Gasteiger partial charge in [0, 0.05) is 5.56 Å². The van der Waals surface area contributed by atoms with Crippen molar-refractivity contribution in [3.63, 3.8) is 0 Å². The molecular formula is C9H10N2O5S. The first-order chi connectivity index (χ1) is 7.83. The molecule has 92 valence electrons. The van der Waals surface area contributed by atoms with E-state index in [2.05, 4.69) is 9.88 Å². The Bertz CT molecular complexity index is 565. The minimum absolute atomic E-state index is 0.0426. The zero-order valence-electron chi connectivity index (χ0n) is 8.78. The fourth-order valence-corrected chi connectivity index (χ4v) is 1.74. The van der Waals surface area contributed by atoms with E-state index in [1.807, 2.05) is 0 Å². The molecule has 1 aromatic rings. The largest absolute Gasteiger partial charge is 0.478 e. The van der Waals surface area contributed by atoms with E-state index in [4.69, 9.17) is 10.3 Å². The Hall–Kier alpha value is -2.09. The van der Waals surface area contributed by atoms with E-state index in [0.717, 1.165) is 12.5 Å². The van der Waals surface area contributed by atoms with Crippen LogP contribution in [0.15, 0.2) is 23.4 Å². The number of benzene rings is 1. The second kappa shape index (κ2) is 4.83. The molecule has 0 aliphatic rings. The van der Waals surface area contributed by atoms with Gasteiger partial charge in [-0.05, 0) is 18.2 Å². The van der Waals surface area contributed by atoms with Crippen molar-refractivity contribution < 1.29 is 23.5 Å². The second-order valence-electron chi connectivity index (χ2n) is 3.23. The van der Waals surface area contributed by atoms with E-state index in [1.54, 1.807) is 0 Å². The molecule has 0 unspecified atom stereocenters. The number of nitrogens with zero attached hydrogens (tertiary/aromatic N) is 1. The van der Waals surface area contributed by atoms with Crippen molar-refractivity contribution >= 4 is 27.9 Å². The highest BCUT2D eigenvalue weighted by atomic mass is 32.2. The normalized spacial score (nSPS) is 11.6. The zero-order valence-corrected chi connectivity index (χ0v) is 9.60. The Morgan fingerprint density at radius 2 is 2.12 bits per heavy atom. The lowest BCUT2D eigenvalue weighted by atomic mass is 10.1. The molecule has 0 spiro atoms. The molecule has 0 atom stereocenters. The smallest absolute Gasteiger partial charge is 0.335 e. The van der Waals surface area contributed by atoms with Crippen LogP contribution in [-0.4, -0.2) is 37.2 Å². The molecule has 1 rings (SSSR count). The summed E-state index contributed by atoms with van der Waals surface area (Å²) in [6.07, 6.45) is 1.90. The quantitative estimate of drug-likeness (QED) is 0.414. The lowest BCUT2D eigenvalue weighted by Gasteiger charge is -2.07. The van der Waals surface area contributed by atoms with Crippen molar-refractivity contribution in [2.45, 2.75) is 0 Å². The number of nitrogens with one attached hydrogen (secondary N) is 1. The van der Waals surface area contributed by atoms with E-state index in [1.165, 1.54) is 18.2 Å². The van der Waals surface area contributed by atoms with Gasteiger partial charge in [-0.2, -0.15) is 0 Å². The van der Waals surface area contributed by atoms with Crippen molar-refractivity contribution in [1.29, 1.82) is 0 Å². The third-order valence-electron chi connectivity index (χ3n) is 1.79. The molecule has 0 bridgehead atoms. The first kappa shape index (κ1) is 13.0. The molecule has 0 radical (unpaired) electrons. The number of aromatic carboxylic acids is 1. The van der Waals surface area contributed by atoms with E-state index in [0.29, 0.717) is 0 Å². The standard InChI is InChI=1S/C9H10N2O5S/c1-17(15,16)11-8-3-2-6(9(12)13)4-7(8)5-10-14/h2-5,11,14H,1H3,(H,12,13)/b10-5+. The van der Waals surface area contributed by atoms with Crippen molar-refractivity contribution in [2.24, 2.45) is 5.16 Å². The first-order valence-corrected chi connectivity index (χ1v) is 6.25. The molecule has 7 nitrogen and oxygen atoms in total. The number of carbonyl (C=O) groups is 1.